The summed E-state index contributed by atoms with van der Waals surface area (Å²) >= 11 is 0. The Hall–Kier alpha value is -2.45. The molecule has 2 aromatic rings. The third-order valence-electron chi connectivity index (χ3n) is 4.41. The van der Waals surface area contributed by atoms with Crippen molar-refractivity contribution in [1.82, 2.24) is 20.1 Å². The molecule has 0 unspecified atom stereocenters. The molecule has 1 aliphatic rings. The van der Waals surface area contributed by atoms with Crippen molar-refractivity contribution in [2.75, 3.05) is 27.4 Å². The van der Waals surface area contributed by atoms with Gasteiger partial charge in [-0.25, -0.2) is 4.98 Å². The molecule has 1 N–H and O–H groups in total. The number of nitrogens with one attached hydrogen (secondary N) is 1. The van der Waals surface area contributed by atoms with Crippen molar-refractivity contribution in [2.45, 2.75) is 25.6 Å². The average molecular weight is 360 g/mol. The number of rotatable bonds is 8. The SMILES string of the molecule is COCCn1cc([C@H]2OCC[C@@H]2C(=O)NCc2ccc(OC)nc2)cn1. The van der Waals surface area contributed by atoms with Gasteiger partial charge >= 0.3 is 0 Å². The number of amides is 1. The van der Waals surface area contributed by atoms with Crippen LogP contribution in [0.2, 0.25) is 0 Å². The Kier molecular flexibility index (Phi) is 6.19. The van der Waals surface area contributed by atoms with Crippen LogP contribution in [0.5, 0.6) is 5.88 Å². The van der Waals surface area contributed by atoms with Crippen molar-refractivity contribution in [1.29, 1.82) is 0 Å². The number of aromatic nitrogens is 3. The Morgan fingerprint density at radius 3 is 3.00 bits per heavy atom. The lowest BCUT2D eigenvalue weighted by atomic mass is 9.96. The van der Waals surface area contributed by atoms with E-state index in [4.69, 9.17) is 14.2 Å². The molecule has 0 bridgehead atoms. The monoisotopic (exact) mass is 360 g/mol. The van der Waals surface area contributed by atoms with E-state index in [-0.39, 0.29) is 17.9 Å². The molecule has 0 spiro atoms. The molecule has 3 heterocycles. The lowest BCUT2D eigenvalue weighted by molar-refractivity contribution is -0.126. The van der Waals surface area contributed by atoms with E-state index < -0.39 is 0 Å². The van der Waals surface area contributed by atoms with Crippen LogP contribution in [0.15, 0.2) is 30.7 Å². The van der Waals surface area contributed by atoms with Crippen molar-refractivity contribution in [3.63, 3.8) is 0 Å². The molecule has 1 amide bonds. The van der Waals surface area contributed by atoms with E-state index in [9.17, 15) is 4.79 Å². The molecule has 1 aliphatic heterocycles. The van der Waals surface area contributed by atoms with Crippen molar-refractivity contribution in [3.8, 4) is 5.88 Å². The minimum absolute atomic E-state index is 0.0204. The normalized spacial score (nSPS) is 19.5. The molecule has 2 atom stereocenters. The van der Waals surface area contributed by atoms with Gasteiger partial charge in [-0.2, -0.15) is 5.10 Å². The average Bonchev–Trinajstić information content (AvgIpc) is 3.33. The molecule has 0 radical (unpaired) electrons. The van der Waals surface area contributed by atoms with Crippen LogP contribution < -0.4 is 10.1 Å². The minimum Gasteiger partial charge on any atom is -0.481 e. The Balaban J connectivity index is 1.58. The van der Waals surface area contributed by atoms with Crippen LogP contribution in [0.1, 0.15) is 23.7 Å². The zero-order chi connectivity index (χ0) is 18.4. The van der Waals surface area contributed by atoms with Crippen molar-refractivity contribution in [2.24, 2.45) is 5.92 Å². The first kappa shape index (κ1) is 18.3. The zero-order valence-electron chi connectivity index (χ0n) is 15.1. The molecule has 1 saturated heterocycles. The summed E-state index contributed by atoms with van der Waals surface area (Å²) in [6, 6.07) is 3.66. The molecule has 0 aromatic carbocycles. The van der Waals surface area contributed by atoms with E-state index in [1.54, 1.807) is 37.4 Å². The number of methoxy groups -OCH3 is 2. The minimum atomic E-state index is -0.264. The van der Waals surface area contributed by atoms with Gasteiger partial charge in [0.05, 0.1) is 38.5 Å². The first-order valence-corrected chi connectivity index (χ1v) is 8.60. The molecule has 1 fully saturated rings. The molecular formula is C18H24N4O4. The number of carbonyl (C=O) groups is 1. The van der Waals surface area contributed by atoms with Gasteiger partial charge in [0, 0.05) is 44.3 Å². The van der Waals surface area contributed by atoms with Crippen LogP contribution in [-0.4, -0.2) is 48.1 Å². The Bertz CT molecular complexity index is 716. The molecule has 3 rings (SSSR count). The first-order chi connectivity index (χ1) is 12.7. The van der Waals surface area contributed by atoms with Gasteiger partial charge in [0.1, 0.15) is 0 Å². The van der Waals surface area contributed by atoms with E-state index >= 15 is 0 Å². The van der Waals surface area contributed by atoms with Crippen LogP contribution in [-0.2, 0) is 27.4 Å². The highest BCUT2D eigenvalue weighted by molar-refractivity contribution is 5.79. The topological polar surface area (TPSA) is 87.5 Å². The summed E-state index contributed by atoms with van der Waals surface area (Å²) in [5.74, 6) is 0.309. The number of ether oxygens (including phenoxy) is 3. The number of pyridine rings is 1. The number of hydrogen-bond acceptors (Lipinski definition) is 6. The van der Waals surface area contributed by atoms with Crippen molar-refractivity contribution < 1.29 is 19.0 Å². The van der Waals surface area contributed by atoms with Crippen LogP contribution in [0, 0.1) is 5.92 Å². The fourth-order valence-corrected chi connectivity index (χ4v) is 2.98. The van der Waals surface area contributed by atoms with E-state index in [2.05, 4.69) is 15.4 Å². The number of hydrogen-bond donors (Lipinski definition) is 1. The van der Waals surface area contributed by atoms with Gasteiger partial charge in [0.2, 0.25) is 11.8 Å². The molecule has 26 heavy (non-hydrogen) atoms. The Morgan fingerprint density at radius 2 is 2.27 bits per heavy atom. The van der Waals surface area contributed by atoms with Gasteiger partial charge in [0.25, 0.3) is 0 Å². The summed E-state index contributed by atoms with van der Waals surface area (Å²) in [5.41, 5.74) is 1.84. The number of carbonyl (C=O) groups excluding carboxylic acids is 1. The summed E-state index contributed by atoms with van der Waals surface area (Å²) in [6.07, 6.45) is 5.81. The lowest BCUT2D eigenvalue weighted by Gasteiger charge is -2.17. The van der Waals surface area contributed by atoms with Gasteiger partial charge in [-0.1, -0.05) is 6.07 Å². The second kappa shape index (κ2) is 8.77. The fourth-order valence-electron chi connectivity index (χ4n) is 2.98. The molecule has 8 heteroatoms. The maximum atomic E-state index is 12.6. The van der Waals surface area contributed by atoms with Gasteiger partial charge < -0.3 is 19.5 Å². The molecular weight excluding hydrogens is 336 g/mol. The summed E-state index contributed by atoms with van der Waals surface area (Å²) < 4.78 is 17.7. The maximum Gasteiger partial charge on any atom is 0.226 e. The standard InChI is InChI=1S/C18H24N4O4/c1-24-8-6-22-12-14(11-21-22)17-15(5-7-26-17)18(23)20-10-13-3-4-16(25-2)19-9-13/h3-4,9,11-12,15,17H,5-8,10H2,1-2H3,(H,20,23)/t15-,17+/m0/s1. The second-order valence-corrected chi connectivity index (χ2v) is 6.14. The molecule has 2 aromatic heterocycles. The summed E-state index contributed by atoms with van der Waals surface area (Å²) in [6.45, 7) is 2.25. The quantitative estimate of drug-likeness (QED) is 0.764. The maximum absolute atomic E-state index is 12.6. The third kappa shape index (κ3) is 4.39. The van der Waals surface area contributed by atoms with E-state index in [0.29, 0.717) is 38.6 Å². The zero-order valence-corrected chi connectivity index (χ0v) is 15.1. The fraction of sp³-hybridized carbons (Fsp3) is 0.500. The smallest absolute Gasteiger partial charge is 0.226 e. The van der Waals surface area contributed by atoms with E-state index in [1.807, 2.05) is 12.3 Å². The molecule has 0 aliphatic carbocycles. The first-order valence-electron chi connectivity index (χ1n) is 8.60. The van der Waals surface area contributed by atoms with Crippen LogP contribution in [0.3, 0.4) is 0 Å². The van der Waals surface area contributed by atoms with Crippen LogP contribution in [0.25, 0.3) is 0 Å². The summed E-state index contributed by atoms with van der Waals surface area (Å²) in [5, 5.41) is 7.28. The Morgan fingerprint density at radius 1 is 1.38 bits per heavy atom. The second-order valence-electron chi connectivity index (χ2n) is 6.14. The highest BCUT2D eigenvalue weighted by atomic mass is 16.5. The highest BCUT2D eigenvalue weighted by Crippen LogP contribution is 2.34. The largest absolute Gasteiger partial charge is 0.481 e. The van der Waals surface area contributed by atoms with Gasteiger partial charge in [0.15, 0.2) is 0 Å². The van der Waals surface area contributed by atoms with E-state index in [1.165, 1.54) is 0 Å². The van der Waals surface area contributed by atoms with Gasteiger partial charge in [-0.05, 0) is 12.0 Å². The summed E-state index contributed by atoms with van der Waals surface area (Å²) in [4.78, 5) is 16.8. The van der Waals surface area contributed by atoms with Gasteiger partial charge in [-0.3, -0.25) is 9.48 Å². The third-order valence-corrected chi connectivity index (χ3v) is 4.41. The highest BCUT2D eigenvalue weighted by Gasteiger charge is 2.35. The lowest BCUT2D eigenvalue weighted by Crippen LogP contribution is -2.31. The van der Waals surface area contributed by atoms with Gasteiger partial charge in [-0.15, -0.1) is 0 Å². The van der Waals surface area contributed by atoms with Crippen molar-refractivity contribution in [3.05, 3.63) is 41.9 Å². The predicted molar refractivity (Wildman–Crippen MR) is 93.5 cm³/mol. The molecule has 140 valence electrons. The summed E-state index contributed by atoms with van der Waals surface area (Å²) in [7, 11) is 3.23. The number of nitrogens with zero attached hydrogens (tertiary/aromatic N) is 3. The van der Waals surface area contributed by atoms with Crippen LogP contribution >= 0.6 is 0 Å². The molecule has 8 nitrogen and oxygen atoms in total. The molecule has 0 saturated carbocycles. The Labute approximate surface area is 152 Å². The predicted octanol–water partition coefficient (Wildman–Crippen LogP) is 1.33. The van der Waals surface area contributed by atoms with Crippen LogP contribution in [0.4, 0.5) is 0 Å². The van der Waals surface area contributed by atoms with Crippen molar-refractivity contribution >= 4 is 5.91 Å². The van der Waals surface area contributed by atoms with E-state index in [0.717, 1.165) is 11.1 Å².